The third-order valence-corrected chi connectivity index (χ3v) is 6.73. The second-order valence-electron chi connectivity index (χ2n) is 8.29. The Morgan fingerprint density at radius 3 is 2.50 bits per heavy atom. The van der Waals surface area contributed by atoms with Crippen LogP contribution in [-0.4, -0.2) is 21.8 Å². The summed E-state index contributed by atoms with van der Waals surface area (Å²) < 4.78 is 20.1. The number of rotatable bonds is 6. The SMILES string of the molecule is Cc1ccc(/C(O)=C2\C(=O)C(=O)N(c3nccs3)C2c2ccc(OCc3ccccc3)cc2)cc1F. The number of anilines is 1. The molecule has 1 N–H and O–H groups in total. The highest BCUT2D eigenvalue weighted by atomic mass is 32.1. The van der Waals surface area contributed by atoms with E-state index in [0.29, 0.717) is 28.6 Å². The van der Waals surface area contributed by atoms with E-state index in [0.717, 1.165) is 11.6 Å². The summed E-state index contributed by atoms with van der Waals surface area (Å²) in [5, 5.41) is 13.1. The van der Waals surface area contributed by atoms with Crippen LogP contribution in [0.3, 0.4) is 0 Å². The van der Waals surface area contributed by atoms with E-state index in [1.807, 2.05) is 30.3 Å². The average Bonchev–Trinajstić information content (AvgIpc) is 3.51. The van der Waals surface area contributed by atoms with E-state index < -0.39 is 29.3 Å². The molecular formula is C28H21FN2O4S. The molecule has 0 bridgehead atoms. The minimum absolute atomic E-state index is 0.114. The van der Waals surface area contributed by atoms with Gasteiger partial charge in [0.2, 0.25) is 0 Å². The van der Waals surface area contributed by atoms with Gasteiger partial charge in [0, 0.05) is 17.1 Å². The van der Waals surface area contributed by atoms with Crippen LogP contribution >= 0.6 is 11.3 Å². The lowest BCUT2D eigenvalue weighted by atomic mass is 9.95. The molecule has 1 fully saturated rings. The molecule has 1 aliphatic rings. The Morgan fingerprint density at radius 2 is 1.83 bits per heavy atom. The van der Waals surface area contributed by atoms with Crippen molar-refractivity contribution in [2.75, 3.05) is 4.90 Å². The Labute approximate surface area is 210 Å². The molecule has 0 spiro atoms. The Bertz CT molecular complexity index is 1450. The van der Waals surface area contributed by atoms with Crippen molar-refractivity contribution in [2.45, 2.75) is 19.6 Å². The smallest absolute Gasteiger partial charge is 0.301 e. The van der Waals surface area contributed by atoms with Crippen molar-refractivity contribution in [3.8, 4) is 5.75 Å². The van der Waals surface area contributed by atoms with Gasteiger partial charge in [0.25, 0.3) is 5.78 Å². The van der Waals surface area contributed by atoms with Gasteiger partial charge in [-0.2, -0.15) is 0 Å². The Hall–Kier alpha value is -4.30. The highest BCUT2D eigenvalue weighted by molar-refractivity contribution is 7.14. The summed E-state index contributed by atoms with van der Waals surface area (Å²) in [7, 11) is 0. The number of ketones is 1. The highest BCUT2D eigenvalue weighted by Crippen LogP contribution is 2.43. The van der Waals surface area contributed by atoms with Crippen LogP contribution in [0.4, 0.5) is 9.52 Å². The molecule has 4 aromatic rings. The van der Waals surface area contributed by atoms with Gasteiger partial charge < -0.3 is 9.84 Å². The van der Waals surface area contributed by atoms with E-state index in [1.165, 1.54) is 34.6 Å². The number of nitrogens with zero attached hydrogens (tertiary/aromatic N) is 2. The molecule has 8 heteroatoms. The summed E-state index contributed by atoms with van der Waals surface area (Å²) in [6, 6.07) is 19.9. The quantitative estimate of drug-likeness (QED) is 0.206. The van der Waals surface area contributed by atoms with Crippen LogP contribution in [0, 0.1) is 12.7 Å². The number of benzene rings is 3. The summed E-state index contributed by atoms with van der Waals surface area (Å²) in [4.78, 5) is 31.7. The normalized spacial score (nSPS) is 16.9. The molecular weight excluding hydrogens is 479 g/mol. The fourth-order valence-corrected chi connectivity index (χ4v) is 4.73. The fraction of sp³-hybridized carbons (Fsp3) is 0.107. The monoisotopic (exact) mass is 500 g/mol. The average molecular weight is 501 g/mol. The molecule has 36 heavy (non-hydrogen) atoms. The highest BCUT2D eigenvalue weighted by Gasteiger charge is 2.48. The molecule has 2 heterocycles. The van der Waals surface area contributed by atoms with E-state index in [9.17, 15) is 19.1 Å². The van der Waals surface area contributed by atoms with Crippen molar-refractivity contribution in [1.29, 1.82) is 0 Å². The summed E-state index contributed by atoms with van der Waals surface area (Å²) >= 11 is 1.20. The van der Waals surface area contributed by atoms with Crippen LogP contribution in [0.25, 0.3) is 5.76 Å². The summed E-state index contributed by atoms with van der Waals surface area (Å²) in [5.74, 6) is -2.04. The van der Waals surface area contributed by atoms with Gasteiger partial charge in [-0.25, -0.2) is 9.37 Å². The molecule has 0 aliphatic carbocycles. The number of carbonyl (C=O) groups is 2. The van der Waals surface area contributed by atoms with Gasteiger partial charge in [0.1, 0.15) is 23.9 Å². The van der Waals surface area contributed by atoms with Gasteiger partial charge in [-0.3, -0.25) is 14.5 Å². The Morgan fingerprint density at radius 1 is 1.08 bits per heavy atom. The Kier molecular flexibility index (Phi) is 6.35. The number of amides is 1. The maximum absolute atomic E-state index is 14.2. The van der Waals surface area contributed by atoms with Crippen LogP contribution in [0.2, 0.25) is 0 Å². The van der Waals surface area contributed by atoms with Gasteiger partial charge in [-0.1, -0.05) is 54.6 Å². The number of aliphatic hydroxyl groups excluding tert-OH is 1. The first-order chi connectivity index (χ1) is 17.4. The molecule has 5 rings (SSSR count). The van der Waals surface area contributed by atoms with Crippen molar-refractivity contribution in [3.63, 3.8) is 0 Å². The molecule has 1 aliphatic heterocycles. The number of halogens is 1. The predicted molar refractivity (Wildman–Crippen MR) is 135 cm³/mol. The van der Waals surface area contributed by atoms with E-state index in [1.54, 1.807) is 36.6 Å². The van der Waals surface area contributed by atoms with Crippen LogP contribution in [0.1, 0.15) is 28.3 Å². The van der Waals surface area contributed by atoms with E-state index in [4.69, 9.17) is 4.74 Å². The minimum atomic E-state index is -0.941. The number of carbonyl (C=O) groups excluding carboxylic acids is 2. The molecule has 0 radical (unpaired) electrons. The zero-order chi connectivity index (χ0) is 25.2. The number of hydrogen-bond acceptors (Lipinski definition) is 6. The molecule has 1 atom stereocenters. The van der Waals surface area contributed by atoms with Crippen molar-refractivity contribution in [1.82, 2.24) is 4.98 Å². The maximum atomic E-state index is 14.2. The molecule has 1 aromatic heterocycles. The van der Waals surface area contributed by atoms with Crippen molar-refractivity contribution < 1.29 is 23.8 Å². The lowest BCUT2D eigenvalue weighted by molar-refractivity contribution is -0.132. The van der Waals surface area contributed by atoms with Gasteiger partial charge in [0.15, 0.2) is 5.13 Å². The number of thiazole rings is 1. The molecule has 6 nitrogen and oxygen atoms in total. The zero-order valence-corrected chi connectivity index (χ0v) is 20.0. The van der Waals surface area contributed by atoms with Crippen LogP contribution in [-0.2, 0) is 16.2 Å². The number of hydrogen-bond donors (Lipinski definition) is 1. The third-order valence-electron chi connectivity index (χ3n) is 5.96. The second kappa shape index (κ2) is 9.75. The summed E-state index contributed by atoms with van der Waals surface area (Å²) in [6.07, 6.45) is 1.53. The first kappa shape index (κ1) is 23.4. The number of Topliss-reactive ketones (excluding diaryl/α,β-unsaturated/α-hetero) is 1. The summed E-state index contributed by atoms with van der Waals surface area (Å²) in [5.41, 5.74) is 1.98. The molecule has 1 unspecified atom stereocenters. The number of aliphatic hydroxyl groups is 1. The largest absolute Gasteiger partial charge is 0.507 e. The number of aromatic nitrogens is 1. The van der Waals surface area contributed by atoms with Crippen molar-refractivity contribution >= 4 is 33.9 Å². The minimum Gasteiger partial charge on any atom is -0.507 e. The van der Waals surface area contributed by atoms with E-state index >= 15 is 0 Å². The topological polar surface area (TPSA) is 79.7 Å². The van der Waals surface area contributed by atoms with Crippen LogP contribution < -0.4 is 9.64 Å². The maximum Gasteiger partial charge on any atom is 0.301 e. The molecule has 1 saturated heterocycles. The summed E-state index contributed by atoms with van der Waals surface area (Å²) in [6.45, 7) is 1.98. The van der Waals surface area contributed by atoms with Gasteiger partial charge >= 0.3 is 5.91 Å². The van der Waals surface area contributed by atoms with Crippen LogP contribution in [0.5, 0.6) is 5.75 Å². The van der Waals surface area contributed by atoms with Gasteiger partial charge in [-0.05, 0) is 41.8 Å². The van der Waals surface area contributed by atoms with Gasteiger partial charge in [0.05, 0.1) is 11.6 Å². The van der Waals surface area contributed by atoms with Crippen LogP contribution in [0.15, 0.2) is 89.9 Å². The van der Waals surface area contributed by atoms with Crippen molar-refractivity contribution in [3.05, 3.63) is 118 Å². The molecule has 1 amide bonds. The van der Waals surface area contributed by atoms with Gasteiger partial charge in [-0.15, -0.1) is 11.3 Å². The Balaban J connectivity index is 1.54. The fourth-order valence-electron chi connectivity index (χ4n) is 4.06. The van der Waals surface area contributed by atoms with E-state index in [2.05, 4.69) is 4.98 Å². The second-order valence-corrected chi connectivity index (χ2v) is 9.16. The van der Waals surface area contributed by atoms with Crippen molar-refractivity contribution in [2.24, 2.45) is 0 Å². The molecule has 3 aromatic carbocycles. The first-order valence-corrected chi connectivity index (χ1v) is 12.1. The predicted octanol–water partition coefficient (Wildman–Crippen LogP) is 5.80. The zero-order valence-electron chi connectivity index (χ0n) is 19.2. The number of ether oxygens (including phenoxy) is 1. The first-order valence-electron chi connectivity index (χ1n) is 11.2. The molecule has 0 saturated carbocycles. The number of aryl methyl sites for hydroxylation is 1. The molecule has 180 valence electrons. The van der Waals surface area contributed by atoms with E-state index in [-0.39, 0.29) is 11.1 Å². The third kappa shape index (κ3) is 4.38. The standard InChI is InChI=1S/C28H21FN2O4S/c1-17-7-8-20(15-22(17)29)25(32)23-24(31(27(34)26(23)33)28-30-13-14-36-28)19-9-11-21(12-10-19)35-16-18-5-3-2-4-6-18/h2-15,24,32H,16H2,1H3/b25-23+. The lowest BCUT2D eigenvalue weighted by Crippen LogP contribution is -2.29. The lowest BCUT2D eigenvalue weighted by Gasteiger charge is -2.23.